The van der Waals surface area contributed by atoms with Gasteiger partial charge >= 0.3 is 17.8 Å². The minimum atomic E-state index is -3.77. The van der Waals surface area contributed by atoms with Gasteiger partial charge in [-0.2, -0.15) is 4.31 Å². The Bertz CT molecular complexity index is 1140. The van der Waals surface area contributed by atoms with Crippen molar-refractivity contribution in [2.75, 3.05) is 24.6 Å². The number of rotatable bonds is 7. The van der Waals surface area contributed by atoms with E-state index in [1.807, 2.05) is 0 Å². The predicted molar refractivity (Wildman–Crippen MR) is 108 cm³/mol. The molecule has 1 aromatic heterocycles. The normalized spacial score (nSPS) is 17.8. The van der Waals surface area contributed by atoms with Crippen LogP contribution in [-0.4, -0.2) is 55.2 Å². The molecular weight excluding hydrogens is 426 g/mol. The zero-order valence-electron chi connectivity index (χ0n) is 16.8. The average Bonchev–Trinajstić information content (AvgIpc) is 3.48. The van der Waals surface area contributed by atoms with Gasteiger partial charge in [-0.15, -0.1) is 0 Å². The smallest absolute Gasteiger partial charge is 0.339 e. The number of amides is 4. The summed E-state index contributed by atoms with van der Waals surface area (Å²) in [6.07, 6.45) is 1.56. The molecule has 0 unspecified atom stereocenters. The van der Waals surface area contributed by atoms with Crippen LogP contribution in [0.4, 0.5) is 10.5 Å². The van der Waals surface area contributed by atoms with Gasteiger partial charge in [0.1, 0.15) is 11.5 Å². The summed E-state index contributed by atoms with van der Waals surface area (Å²) in [6.45, 7) is 2.54. The van der Waals surface area contributed by atoms with Crippen molar-refractivity contribution in [3.05, 3.63) is 42.2 Å². The largest absolute Gasteiger partial charge is 0.492 e. The van der Waals surface area contributed by atoms with Crippen molar-refractivity contribution in [1.82, 2.24) is 9.21 Å². The Kier molecular flexibility index (Phi) is 5.54. The van der Waals surface area contributed by atoms with Crippen LogP contribution < -0.4 is 9.64 Å². The van der Waals surface area contributed by atoms with Crippen molar-refractivity contribution in [2.45, 2.75) is 31.4 Å². The third kappa shape index (κ3) is 3.70. The standard InChI is InChI=1S/C20H21N3O7S/c1-2-29-16-8-4-3-7-15(16)23-19(25)18(24)22(20(23)26)13-14-9-10-17(30-14)31(27,28)21-11-5-6-12-21/h3-4,7-10H,2,5-6,11-13H2,1H3. The maximum atomic E-state index is 12.9. The number of hydrogen-bond acceptors (Lipinski definition) is 7. The molecule has 0 atom stereocenters. The number of imide groups is 2. The number of ether oxygens (including phenoxy) is 1. The number of benzene rings is 1. The van der Waals surface area contributed by atoms with E-state index < -0.39 is 27.9 Å². The number of anilines is 1. The van der Waals surface area contributed by atoms with E-state index in [4.69, 9.17) is 9.15 Å². The van der Waals surface area contributed by atoms with E-state index in [1.165, 1.54) is 22.5 Å². The quantitative estimate of drug-likeness (QED) is 0.470. The number of sulfonamides is 1. The Labute approximate surface area is 179 Å². The van der Waals surface area contributed by atoms with Gasteiger partial charge in [0.25, 0.3) is 10.0 Å². The molecule has 0 bridgehead atoms. The van der Waals surface area contributed by atoms with E-state index in [-0.39, 0.29) is 23.1 Å². The molecule has 2 aliphatic rings. The lowest BCUT2D eigenvalue weighted by Gasteiger charge is -2.17. The van der Waals surface area contributed by atoms with Gasteiger partial charge < -0.3 is 9.15 Å². The highest BCUT2D eigenvalue weighted by Gasteiger charge is 2.46. The van der Waals surface area contributed by atoms with Crippen LogP contribution in [0.15, 0.2) is 45.9 Å². The molecule has 2 saturated heterocycles. The molecule has 0 saturated carbocycles. The lowest BCUT2D eigenvalue weighted by molar-refractivity contribution is -0.139. The molecule has 0 N–H and O–H groups in total. The molecular formula is C20H21N3O7S. The SMILES string of the molecule is CCOc1ccccc1N1C(=O)C(=O)N(Cc2ccc(S(=O)(=O)N3CCCC3)o2)C1=O. The zero-order chi connectivity index (χ0) is 22.2. The molecule has 0 spiro atoms. The summed E-state index contributed by atoms with van der Waals surface area (Å²) >= 11 is 0. The van der Waals surface area contributed by atoms with Crippen molar-refractivity contribution < 1.29 is 32.0 Å². The Balaban J connectivity index is 1.57. The van der Waals surface area contributed by atoms with Crippen molar-refractivity contribution in [1.29, 1.82) is 0 Å². The highest BCUT2D eigenvalue weighted by atomic mass is 32.2. The van der Waals surface area contributed by atoms with Gasteiger partial charge in [0, 0.05) is 13.1 Å². The first-order valence-corrected chi connectivity index (χ1v) is 11.3. The third-order valence-electron chi connectivity index (χ3n) is 5.07. The van der Waals surface area contributed by atoms with Gasteiger partial charge in [-0.25, -0.2) is 23.0 Å². The Morgan fingerprint density at radius 1 is 1.00 bits per heavy atom. The second-order valence-electron chi connectivity index (χ2n) is 7.05. The van der Waals surface area contributed by atoms with Crippen molar-refractivity contribution >= 4 is 33.6 Å². The zero-order valence-corrected chi connectivity index (χ0v) is 17.6. The first kappa shape index (κ1) is 21.1. The minimum Gasteiger partial charge on any atom is -0.492 e. The van der Waals surface area contributed by atoms with Gasteiger partial charge in [0.15, 0.2) is 0 Å². The van der Waals surface area contributed by atoms with E-state index in [0.29, 0.717) is 25.4 Å². The molecule has 2 aliphatic heterocycles. The number of hydrogen-bond donors (Lipinski definition) is 0. The Morgan fingerprint density at radius 2 is 1.71 bits per heavy atom. The average molecular weight is 447 g/mol. The summed E-state index contributed by atoms with van der Waals surface area (Å²) in [5.74, 6) is -1.68. The molecule has 11 heteroatoms. The number of para-hydroxylation sites is 2. The molecule has 2 aromatic rings. The van der Waals surface area contributed by atoms with Crippen molar-refractivity contribution in [2.24, 2.45) is 0 Å². The highest BCUT2D eigenvalue weighted by molar-refractivity contribution is 7.89. The predicted octanol–water partition coefficient (Wildman–Crippen LogP) is 1.96. The van der Waals surface area contributed by atoms with Crippen LogP contribution >= 0.6 is 0 Å². The number of carbonyl (C=O) groups is 3. The van der Waals surface area contributed by atoms with Crippen molar-refractivity contribution in [3.8, 4) is 5.75 Å². The van der Waals surface area contributed by atoms with E-state index in [0.717, 1.165) is 22.6 Å². The first-order valence-electron chi connectivity index (χ1n) is 9.85. The minimum absolute atomic E-state index is 0.0761. The number of furan rings is 1. The van der Waals surface area contributed by atoms with Crippen LogP contribution in [0.3, 0.4) is 0 Å². The van der Waals surface area contributed by atoms with Crippen LogP contribution in [0, 0.1) is 0 Å². The third-order valence-corrected chi connectivity index (χ3v) is 6.84. The number of nitrogens with zero attached hydrogens (tertiary/aromatic N) is 3. The molecule has 31 heavy (non-hydrogen) atoms. The fraction of sp³-hybridized carbons (Fsp3) is 0.350. The Morgan fingerprint density at radius 3 is 2.42 bits per heavy atom. The first-order chi connectivity index (χ1) is 14.8. The van der Waals surface area contributed by atoms with Crippen LogP contribution in [0.1, 0.15) is 25.5 Å². The van der Waals surface area contributed by atoms with E-state index >= 15 is 0 Å². The lowest BCUT2D eigenvalue weighted by Crippen LogP contribution is -2.33. The molecule has 0 aliphatic carbocycles. The van der Waals surface area contributed by atoms with E-state index in [2.05, 4.69) is 0 Å². The fourth-order valence-electron chi connectivity index (χ4n) is 3.57. The van der Waals surface area contributed by atoms with Crippen LogP contribution in [-0.2, 0) is 26.2 Å². The lowest BCUT2D eigenvalue weighted by atomic mass is 10.2. The topological polar surface area (TPSA) is 117 Å². The molecule has 1 aromatic carbocycles. The van der Waals surface area contributed by atoms with Crippen LogP contribution in [0.25, 0.3) is 0 Å². The van der Waals surface area contributed by atoms with Crippen LogP contribution in [0.2, 0.25) is 0 Å². The summed E-state index contributed by atoms with van der Waals surface area (Å²) in [6, 6.07) is 8.21. The summed E-state index contributed by atoms with van der Waals surface area (Å²) in [7, 11) is -3.77. The number of carbonyl (C=O) groups excluding carboxylic acids is 3. The molecule has 2 fully saturated rings. The van der Waals surface area contributed by atoms with Crippen LogP contribution in [0.5, 0.6) is 5.75 Å². The van der Waals surface area contributed by atoms with Gasteiger partial charge in [0.05, 0.1) is 18.8 Å². The Hall–Kier alpha value is -3.18. The monoisotopic (exact) mass is 447 g/mol. The molecule has 164 valence electrons. The highest BCUT2D eigenvalue weighted by Crippen LogP contribution is 2.32. The van der Waals surface area contributed by atoms with Gasteiger partial charge in [0.2, 0.25) is 5.09 Å². The molecule has 4 amide bonds. The maximum absolute atomic E-state index is 12.9. The fourth-order valence-corrected chi connectivity index (χ4v) is 5.02. The summed E-state index contributed by atoms with van der Waals surface area (Å²) in [4.78, 5) is 39.4. The molecule has 0 radical (unpaired) electrons. The van der Waals surface area contributed by atoms with Gasteiger partial charge in [-0.05, 0) is 44.0 Å². The molecule has 3 heterocycles. The van der Waals surface area contributed by atoms with Gasteiger partial charge in [-0.1, -0.05) is 12.1 Å². The second-order valence-corrected chi connectivity index (χ2v) is 8.92. The summed E-state index contributed by atoms with van der Waals surface area (Å²) in [5.41, 5.74) is 0.159. The molecule has 4 rings (SSSR count). The number of urea groups is 1. The second kappa shape index (κ2) is 8.16. The molecule has 10 nitrogen and oxygen atoms in total. The van der Waals surface area contributed by atoms with Gasteiger partial charge in [-0.3, -0.25) is 9.59 Å². The van der Waals surface area contributed by atoms with E-state index in [1.54, 1.807) is 25.1 Å². The summed E-state index contributed by atoms with van der Waals surface area (Å²) in [5, 5.41) is -0.256. The summed E-state index contributed by atoms with van der Waals surface area (Å²) < 4.78 is 37.4. The maximum Gasteiger partial charge on any atom is 0.339 e. The van der Waals surface area contributed by atoms with E-state index in [9.17, 15) is 22.8 Å². The van der Waals surface area contributed by atoms with Crippen molar-refractivity contribution in [3.63, 3.8) is 0 Å².